The number of fused-ring (bicyclic) bond motifs is 1. The molecule has 0 aliphatic carbocycles. The Morgan fingerprint density at radius 2 is 2.18 bits per heavy atom. The number of hydrogen-bond acceptors (Lipinski definition) is 4. The summed E-state index contributed by atoms with van der Waals surface area (Å²) < 4.78 is 0. The van der Waals surface area contributed by atoms with E-state index in [-0.39, 0.29) is 18.6 Å². The highest BCUT2D eigenvalue weighted by Crippen LogP contribution is 2.05. The predicted molar refractivity (Wildman–Crippen MR) is 61.7 cm³/mol. The number of carboxylic acids is 1. The van der Waals surface area contributed by atoms with Gasteiger partial charge in [-0.1, -0.05) is 12.1 Å². The van der Waals surface area contributed by atoms with Gasteiger partial charge in [-0.2, -0.15) is 0 Å². The largest absolute Gasteiger partial charge is 0.480 e. The molecular weight excluding hydrogens is 222 g/mol. The summed E-state index contributed by atoms with van der Waals surface area (Å²) in [5.41, 5.74) is 0.381. The van der Waals surface area contributed by atoms with Gasteiger partial charge in [-0.15, -0.1) is 0 Å². The Hall–Kier alpha value is -2.21. The summed E-state index contributed by atoms with van der Waals surface area (Å²) in [6, 6.07) is 6.99. The standard InChI is InChI=1S/C11H11N3O3/c15-10(16)6-12-5-9-13-8-4-2-1-3-7(8)11(17)14-9/h1-4,12H,5-6H2,(H,15,16)(H,13,14,17). The minimum Gasteiger partial charge on any atom is -0.480 e. The molecule has 0 radical (unpaired) electrons. The molecule has 0 atom stereocenters. The van der Waals surface area contributed by atoms with E-state index in [0.717, 1.165) is 0 Å². The molecule has 3 N–H and O–H groups in total. The van der Waals surface area contributed by atoms with Crippen LogP contribution in [0.1, 0.15) is 5.82 Å². The molecule has 1 aromatic carbocycles. The van der Waals surface area contributed by atoms with Gasteiger partial charge in [-0.05, 0) is 12.1 Å². The third-order valence-electron chi connectivity index (χ3n) is 2.23. The lowest BCUT2D eigenvalue weighted by molar-refractivity contribution is -0.136. The number of rotatable bonds is 4. The van der Waals surface area contributed by atoms with Gasteiger partial charge < -0.3 is 10.1 Å². The second-order valence-corrected chi connectivity index (χ2v) is 3.53. The monoisotopic (exact) mass is 233 g/mol. The van der Waals surface area contributed by atoms with Crippen molar-refractivity contribution < 1.29 is 9.90 Å². The lowest BCUT2D eigenvalue weighted by Crippen LogP contribution is -2.24. The first-order valence-electron chi connectivity index (χ1n) is 5.07. The lowest BCUT2D eigenvalue weighted by Gasteiger charge is -2.03. The average Bonchev–Trinajstić information content (AvgIpc) is 2.28. The maximum Gasteiger partial charge on any atom is 0.317 e. The summed E-state index contributed by atoms with van der Waals surface area (Å²) in [6.45, 7) is 0.0446. The Balaban J connectivity index is 2.25. The number of carbonyl (C=O) groups is 1. The molecule has 0 bridgehead atoms. The SMILES string of the molecule is O=C(O)CNCc1nc2ccccc2c(=O)[nH]1. The highest BCUT2D eigenvalue weighted by atomic mass is 16.4. The fourth-order valence-electron chi connectivity index (χ4n) is 1.51. The third kappa shape index (κ3) is 2.67. The Kier molecular flexibility index (Phi) is 3.15. The second-order valence-electron chi connectivity index (χ2n) is 3.53. The van der Waals surface area contributed by atoms with Crippen LogP contribution in [0.3, 0.4) is 0 Å². The zero-order valence-electron chi connectivity index (χ0n) is 8.93. The zero-order chi connectivity index (χ0) is 12.3. The van der Waals surface area contributed by atoms with E-state index in [1.165, 1.54) is 0 Å². The van der Waals surface area contributed by atoms with Gasteiger partial charge in [0.15, 0.2) is 0 Å². The van der Waals surface area contributed by atoms with Crippen molar-refractivity contribution >= 4 is 16.9 Å². The normalized spacial score (nSPS) is 10.6. The second kappa shape index (κ2) is 4.75. The van der Waals surface area contributed by atoms with Crippen LogP contribution in [0.25, 0.3) is 10.9 Å². The molecule has 0 aliphatic rings. The smallest absolute Gasteiger partial charge is 0.317 e. The molecule has 6 nitrogen and oxygen atoms in total. The summed E-state index contributed by atoms with van der Waals surface area (Å²) in [7, 11) is 0. The Bertz CT molecular complexity index is 606. The molecule has 2 aromatic rings. The molecule has 0 spiro atoms. The summed E-state index contributed by atoms with van der Waals surface area (Å²) in [5, 5.41) is 11.6. The molecule has 1 heterocycles. The van der Waals surface area contributed by atoms with Gasteiger partial charge >= 0.3 is 5.97 Å². The van der Waals surface area contributed by atoms with Crippen molar-refractivity contribution in [3.63, 3.8) is 0 Å². The Labute approximate surface area is 96.3 Å². The molecule has 0 saturated heterocycles. The van der Waals surface area contributed by atoms with E-state index >= 15 is 0 Å². The maximum absolute atomic E-state index is 11.7. The van der Waals surface area contributed by atoms with E-state index in [1.54, 1.807) is 24.3 Å². The van der Waals surface area contributed by atoms with Crippen molar-refractivity contribution in [2.45, 2.75) is 6.54 Å². The van der Waals surface area contributed by atoms with E-state index in [0.29, 0.717) is 16.7 Å². The molecule has 0 aliphatic heterocycles. The van der Waals surface area contributed by atoms with Crippen LogP contribution in [0.2, 0.25) is 0 Å². The molecule has 0 amide bonds. The van der Waals surface area contributed by atoms with E-state index in [1.807, 2.05) is 0 Å². The van der Waals surface area contributed by atoms with Gasteiger partial charge in [0.05, 0.1) is 24.0 Å². The highest BCUT2D eigenvalue weighted by Gasteiger charge is 2.03. The minimum absolute atomic E-state index is 0.170. The molecule has 0 saturated carbocycles. The molecule has 1 aromatic heterocycles. The van der Waals surface area contributed by atoms with Crippen LogP contribution in [-0.2, 0) is 11.3 Å². The van der Waals surface area contributed by atoms with Crippen LogP contribution in [0, 0.1) is 0 Å². The first-order valence-corrected chi connectivity index (χ1v) is 5.07. The summed E-state index contributed by atoms with van der Waals surface area (Å²) in [5.74, 6) is -0.525. The number of nitrogens with zero attached hydrogens (tertiary/aromatic N) is 1. The van der Waals surface area contributed by atoms with Crippen LogP contribution in [0.15, 0.2) is 29.1 Å². The lowest BCUT2D eigenvalue weighted by atomic mass is 10.2. The Morgan fingerprint density at radius 1 is 1.41 bits per heavy atom. The topological polar surface area (TPSA) is 95.1 Å². The van der Waals surface area contributed by atoms with Gasteiger partial charge in [-0.25, -0.2) is 4.98 Å². The zero-order valence-corrected chi connectivity index (χ0v) is 8.93. The van der Waals surface area contributed by atoms with Crippen molar-refractivity contribution in [3.05, 3.63) is 40.4 Å². The van der Waals surface area contributed by atoms with E-state index in [2.05, 4.69) is 15.3 Å². The molecule has 0 unspecified atom stereocenters. The number of benzene rings is 1. The van der Waals surface area contributed by atoms with Crippen molar-refractivity contribution in [1.29, 1.82) is 0 Å². The van der Waals surface area contributed by atoms with Crippen molar-refractivity contribution in [1.82, 2.24) is 15.3 Å². The van der Waals surface area contributed by atoms with E-state index in [9.17, 15) is 9.59 Å². The first kappa shape index (κ1) is 11.3. The number of para-hydroxylation sites is 1. The van der Waals surface area contributed by atoms with Crippen LogP contribution in [0.5, 0.6) is 0 Å². The van der Waals surface area contributed by atoms with Gasteiger partial charge in [0.25, 0.3) is 5.56 Å². The third-order valence-corrected chi connectivity index (χ3v) is 2.23. The van der Waals surface area contributed by atoms with E-state index < -0.39 is 5.97 Å². The van der Waals surface area contributed by atoms with E-state index in [4.69, 9.17) is 5.11 Å². The first-order chi connectivity index (χ1) is 8.16. The fourth-order valence-corrected chi connectivity index (χ4v) is 1.51. The van der Waals surface area contributed by atoms with Crippen molar-refractivity contribution in [3.8, 4) is 0 Å². The minimum atomic E-state index is -0.951. The number of hydrogen-bond donors (Lipinski definition) is 3. The average molecular weight is 233 g/mol. The summed E-state index contributed by atoms with van der Waals surface area (Å²) >= 11 is 0. The number of nitrogens with one attached hydrogen (secondary N) is 2. The molecule has 6 heteroatoms. The van der Waals surface area contributed by atoms with Crippen LogP contribution in [-0.4, -0.2) is 27.6 Å². The van der Waals surface area contributed by atoms with Crippen molar-refractivity contribution in [2.24, 2.45) is 0 Å². The molecule has 17 heavy (non-hydrogen) atoms. The number of aliphatic carboxylic acids is 1. The number of aromatic amines is 1. The Morgan fingerprint density at radius 3 is 2.94 bits per heavy atom. The van der Waals surface area contributed by atoms with Crippen LogP contribution >= 0.6 is 0 Å². The quantitative estimate of drug-likeness (QED) is 0.696. The molecule has 2 rings (SSSR count). The maximum atomic E-state index is 11.7. The number of aromatic nitrogens is 2. The van der Waals surface area contributed by atoms with Crippen LogP contribution < -0.4 is 10.9 Å². The van der Waals surface area contributed by atoms with Gasteiger partial charge in [0, 0.05) is 0 Å². The highest BCUT2D eigenvalue weighted by molar-refractivity contribution is 5.77. The fraction of sp³-hybridized carbons (Fsp3) is 0.182. The molecule has 88 valence electrons. The molecular formula is C11H11N3O3. The number of H-pyrrole nitrogens is 1. The van der Waals surface area contributed by atoms with Gasteiger partial charge in [0.1, 0.15) is 5.82 Å². The summed E-state index contributed by atoms with van der Waals surface area (Å²) in [6.07, 6.45) is 0. The van der Waals surface area contributed by atoms with Gasteiger partial charge in [0.2, 0.25) is 0 Å². The summed E-state index contributed by atoms with van der Waals surface area (Å²) in [4.78, 5) is 28.8. The molecule has 0 fully saturated rings. The van der Waals surface area contributed by atoms with Crippen LogP contribution in [0.4, 0.5) is 0 Å². The van der Waals surface area contributed by atoms with Crippen molar-refractivity contribution in [2.75, 3.05) is 6.54 Å². The van der Waals surface area contributed by atoms with Gasteiger partial charge in [-0.3, -0.25) is 14.9 Å². The number of carboxylic acid groups (broad SMARTS) is 1. The predicted octanol–water partition coefficient (Wildman–Crippen LogP) is 0.0973.